The first kappa shape index (κ1) is 24.0. The number of nitrogens with two attached hydrogens (primary N) is 1. The lowest BCUT2D eigenvalue weighted by molar-refractivity contribution is -0.214. The molecule has 1 saturated heterocycles. The van der Waals surface area contributed by atoms with Crippen molar-refractivity contribution in [3.63, 3.8) is 0 Å². The van der Waals surface area contributed by atoms with Crippen LogP contribution < -0.4 is 5.73 Å². The van der Waals surface area contributed by atoms with Gasteiger partial charge in [-0.2, -0.15) is 0 Å². The van der Waals surface area contributed by atoms with E-state index in [-0.39, 0.29) is 17.3 Å². The maximum Gasteiger partial charge on any atom is 0.194 e. The number of ketones is 3. The maximum absolute atomic E-state index is 13.6. The maximum atomic E-state index is 13.6. The number of Topliss-reactive ketones (excluding diaryl/α,β-unsaturated/α-hetero) is 1. The zero-order chi connectivity index (χ0) is 25.2. The zero-order valence-corrected chi connectivity index (χ0v) is 21.1. The van der Waals surface area contributed by atoms with E-state index in [9.17, 15) is 14.4 Å². The minimum Gasteiger partial charge on any atom is -0.352 e. The molecule has 0 unspecified atom stereocenters. The molecule has 2 N–H and O–H groups in total. The van der Waals surface area contributed by atoms with E-state index in [0.29, 0.717) is 59.1 Å². The third-order valence-electron chi connectivity index (χ3n) is 8.51. The molecule has 1 fully saturated rings. The summed E-state index contributed by atoms with van der Waals surface area (Å²) < 4.78 is 12.5. The Hall–Kier alpha value is -2.67. The molecule has 2 aromatic carbocycles. The lowest BCUT2D eigenvalue weighted by atomic mass is 9.68. The predicted molar refractivity (Wildman–Crippen MR) is 132 cm³/mol. The Morgan fingerprint density at radius 3 is 2.20 bits per heavy atom. The molecular formula is C29H33NO5. The van der Waals surface area contributed by atoms with Crippen molar-refractivity contribution in [2.24, 2.45) is 17.6 Å². The van der Waals surface area contributed by atoms with Gasteiger partial charge in [0.1, 0.15) is 5.78 Å². The quantitative estimate of drug-likeness (QED) is 0.604. The molecule has 6 heteroatoms. The van der Waals surface area contributed by atoms with Gasteiger partial charge in [0, 0.05) is 35.1 Å². The molecule has 184 valence electrons. The van der Waals surface area contributed by atoms with Crippen LogP contribution in [-0.2, 0) is 20.7 Å². The summed E-state index contributed by atoms with van der Waals surface area (Å²) in [6, 6.07) is 6.95. The van der Waals surface area contributed by atoms with Gasteiger partial charge in [0.25, 0.3) is 0 Å². The van der Waals surface area contributed by atoms with E-state index in [0.717, 1.165) is 23.1 Å². The molecule has 35 heavy (non-hydrogen) atoms. The smallest absolute Gasteiger partial charge is 0.194 e. The van der Waals surface area contributed by atoms with Crippen molar-refractivity contribution in [3.8, 4) is 0 Å². The SMILES string of the molecule is CC(=O)[C@]1(N)Cc2c(C)c3c(c(C)c2[C@H](O[C@H]2C[C@H](C)[C@H](C)CO2)C1)C(=O)c1ccccc1C3=O. The average molecular weight is 476 g/mol. The summed E-state index contributed by atoms with van der Waals surface area (Å²) in [7, 11) is 0. The van der Waals surface area contributed by atoms with Crippen LogP contribution in [0.25, 0.3) is 0 Å². The van der Waals surface area contributed by atoms with E-state index in [4.69, 9.17) is 15.2 Å². The molecule has 0 amide bonds. The van der Waals surface area contributed by atoms with E-state index < -0.39 is 17.9 Å². The lowest BCUT2D eigenvalue weighted by Gasteiger charge is -2.42. The Bertz CT molecular complexity index is 1260. The monoisotopic (exact) mass is 475 g/mol. The van der Waals surface area contributed by atoms with Crippen LogP contribution in [0.5, 0.6) is 0 Å². The molecule has 5 rings (SSSR count). The summed E-state index contributed by atoms with van der Waals surface area (Å²) in [5.74, 6) is 0.453. The number of ether oxygens (including phenoxy) is 2. The standard InChI is InChI=1S/C29H33NO5/c1-14-10-23(34-13-15(14)2)35-22-12-29(30,18(5)31)11-21-16(3)25-26(17(4)24(21)22)28(33)20-9-7-6-8-19(20)27(25)32/h6-9,14-15,22-23H,10-13,30H2,1-5H3/t14-,15+,22+,23-,29-/m0/s1. The molecule has 3 aliphatic rings. The molecule has 1 aliphatic heterocycles. The van der Waals surface area contributed by atoms with Gasteiger partial charge in [-0.15, -0.1) is 0 Å². The van der Waals surface area contributed by atoms with E-state index in [1.807, 2.05) is 13.8 Å². The molecule has 0 radical (unpaired) electrons. The third kappa shape index (κ3) is 3.70. The van der Waals surface area contributed by atoms with Crippen molar-refractivity contribution in [3.05, 3.63) is 68.8 Å². The van der Waals surface area contributed by atoms with Crippen LogP contribution in [0.3, 0.4) is 0 Å². The van der Waals surface area contributed by atoms with Gasteiger partial charge in [-0.25, -0.2) is 0 Å². The van der Waals surface area contributed by atoms with Crippen LogP contribution in [0, 0.1) is 25.7 Å². The molecule has 0 saturated carbocycles. The van der Waals surface area contributed by atoms with Crippen LogP contribution in [0.4, 0.5) is 0 Å². The van der Waals surface area contributed by atoms with Crippen molar-refractivity contribution in [1.82, 2.24) is 0 Å². The fourth-order valence-corrected chi connectivity index (χ4v) is 5.98. The second kappa shape index (κ2) is 8.47. The van der Waals surface area contributed by atoms with Crippen LogP contribution in [-0.4, -0.2) is 35.8 Å². The highest BCUT2D eigenvalue weighted by Gasteiger charge is 2.46. The molecule has 0 aromatic heterocycles. The van der Waals surface area contributed by atoms with E-state index in [1.54, 1.807) is 24.3 Å². The number of rotatable bonds is 3. The largest absolute Gasteiger partial charge is 0.352 e. The van der Waals surface area contributed by atoms with Crippen molar-refractivity contribution in [2.75, 3.05) is 6.61 Å². The first-order valence-electron chi connectivity index (χ1n) is 12.4. The molecule has 1 heterocycles. The lowest BCUT2D eigenvalue weighted by Crippen LogP contribution is -2.53. The minimum atomic E-state index is -1.11. The Balaban J connectivity index is 1.67. The first-order valence-corrected chi connectivity index (χ1v) is 12.4. The number of carbonyl (C=O) groups is 3. The molecule has 2 aliphatic carbocycles. The summed E-state index contributed by atoms with van der Waals surface area (Å²) in [5, 5.41) is 0. The van der Waals surface area contributed by atoms with Gasteiger partial charge in [-0.05, 0) is 61.3 Å². The summed E-state index contributed by atoms with van der Waals surface area (Å²) in [6.45, 7) is 10.2. The van der Waals surface area contributed by atoms with Gasteiger partial charge in [-0.1, -0.05) is 38.1 Å². The van der Waals surface area contributed by atoms with Crippen LogP contribution >= 0.6 is 0 Å². The van der Waals surface area contributed by atoms with Crippen LogP contribution in [0.1, 0.15) is 93.8 Å². The van der Waals surface area contributed by atoms with Crippen molar-refractivity contribution in [2.45, 2.75) is 71.8 Å². The number of carbonyl (C=O) groups excluding carboxylic acids is 3. The zero-order valence-electron chi connectivity index (χ0n) is 21.1. The second-order valence-corrected chi connectivity index (χ2v) is 10.8. The van der Waals surface area contributed by atoms with Gasteiger partial charge in [0.05, 0.1) is 18.2 Å². The highest BCUT2D eigenvalue weighted by molar-refractivity contribution is 6.29. The van der Waals surface area contributed by atoms with Gasteiger partial charge < -0.3 is 15.2 Å². The minimum absolute atomic E-state index is 0.120. The fraction of sp³-hybridized carbons (Fsp3) is 0.483. The summed E-state index contributed by atoms with van der Waals surface area (Å²) in [4.78, 5) is 39.9. The summed E-state index contributed by atoms with van der Waals surface area (Å²) in [5.41, 5.74) is 10.4. The average Bonchev–Trinajstić information content (AvgIpc) is 2.82. The Morgan fingerprint density at radius 1 is 1.03 bits per heavy atom. The van der Waals surface area contributed by atoms with Gasteiger partial charge in [0.15, 0.2) is 17.9 Å². The van der Waals surface area contributed by atoms with E-state index in [1.165, 1.54) is 6.92 Å². The van der Waals surface area contributed by atoms with Crippen molar-refractivity contribution in [1.29, 1.82) is 0 Å². The molecule has 2 aromatic rings. The highest BCUT2D eigenvalue weighted by atomic mass is 16.7. The Labute approximate surface area is 206 Å². The van der Waals surface area contributed by atoms with Crippen molar-refractivity contribution < 1.29 is 23.9 Å². The summed E-state index contributed by atoms with van der Waals surface area (Å²) in [6.07, 6.45) is 0.430. The van der Waals surface area contributed by atoms with Gasteiger partial charge in [-0.3, -0.25) is 14.4 Å². The second-order valence-electron chi connectivity index (χ2n) is 10.8. The molecular weight excluding hydrogens is 442 g/mol. The Morgan fingerprint density at radius 2 is 1.63 bits per heavy atom. The molecule has 6 nitrogen and oxygen atoms in total. The first-order chi connectivity index (χ1) is 16.5. The normalized spacial score (nSPS) is 29.9. The number of hydrogen-bond donors (Lipinski definition) is 1. The fourth-order valence-electron chi connectivity index (χ4n) is 5.98. The third-order valence-corrected chi connectivity index (χ3v) is 8.51. The Kier molecular flexibility index (Phi) is 5.82. The number of fused-ring (bicyclic) bond motifs is 3. The molecule has 5 atom stereocenters. The van der Waals surface area contributed by atoms with Crippen LogP contribution in [0.15, 0.2) is 24.3 Å². The topological polar surface area (TPSA) is 95.7 Å². The van der Waals surface area contributed by atoms with Gasteiger partial charge >= 0.3 is 0 Å². The van der Waals surface area contributed by atoms with Crippen LogP contribution in [0.2, 0.25) is 0 Å². The summed E-state index contributed by atoms with van der Waals surface area (Å²) >= 11 is 0. The molecule has 0 spiro atoms. The highest BCUT2D eigenvalue weighted by Crippen LogP contribution is 2.46. The molecule has 0 bridgehead atoms. The number of hydrogen-bond acceptors (Lipinski definition) is 6. The van der Waals surface area contributed by atoms with E-state index in [2.05, 4.69) is 13.8 Å². The predicted octanol–water partition coefficient (Wildman–Crippen LogP) is 4.39. The van der Waals surface area contributed by atoms with Crippen molar-refractivity contribution >= 4 is 17.3 Å². The number of benzene rings is 2. The van der Waals surface area contributed by atoms with Gasteiger partial charge in [0.2, 0.25) is 0 Å². The van der Waals surface area contributed by atoms with E-state index >= 15 is 0 Å².